The van der Waals surface area contributed by atoms with Gasteiger partial charge in [-0.15, -0.1) is 0 Å². The van der Waals surface area contributed by atoms with Crippen LogP contribution in [0.15, 0.2) is 54.6 Å². The Morgan fingerprint density at radius 1 is 1.08 bits per heavy atom. The first kappa shape index (κ1) is 15.4. The van der Waals surface area contributed by atoms with Crippen LogP contribution in [0.3, 0.4) is 0 Å². The lowest BCUT2D eigenvalue weighted by atomic mass is 9.79. The Morgan fingerprint density at radius 2 is 1.77 bits per heavy atom. The van der Waals surface area contributed by atoms with Gasteiger partial charge in [-0.1, -0.05) is 49.4 Å². The number of carbonyl (C=O) groups excluding carboxylic acids is 1. The van der Waals surface area contributed by atoms with Crippen LogP contribution < -0.4 is 4.74 Å². The van der Waals surface area contributed by atoms with Gasteiger partial charge in [0.25, 0.3) is 0 Å². The van der Waals surface area contributed by atoms with Crippen LogP contribution in [-0.4, -0.2) is 11.1 Å². The maximum absolute atomic E-state index is 12.7. The summed E-state index contributed by atoms with van der Waals surface area (Å²) < 4.78 is 5.96. The molecule has 3 aromatic carbocycles. The number of ether oxygens (including phenoxy) is 1. The summed E-state index contributed by atoms with van der Waals surface area (Å²) in [6.07, 6.45) is 3.17. The summed E-state index contributed by atoms with van der Waals surface area (Å²) in [5.41, 5.74) is 2.54. The zero-order valence-corrected chi connectivity index (χ0v) is 14.7. The van der Waals surface area contributed by atoms with Crippen molar-refractivity contribution in [2.24, 2.45) is 0 Å². The minimum Gasteiger partial charge on any atom is -0.507 e. The number of hydrogen-bond acceptors (Lipinski definition) is 3. The fourth-order valence-electron chi connectivity index (χ4n) is 4.96. The van der Waals surface area contributed by atoms with E-state index in [0.29, 0.717) is 23.0 Å². The summed E-state index contributed by atoms with van der Waals surface area (Å²) in [5.74, 6) is 0.996. The maximum atomic E-state index is 12.7. The van der Waals surface area contributed by atoms with Crippen molar-refractivity contribution in [2.75, 3.05) is 0 Å². The quantitative estimate of drug-likeness (QED) is 0.507. The normalized spacial score (nSPS) is 23.2. The Kier molecular flexibility index (Phi) is 3.17. The highest BCUT2D eigenvalue weighted by atomic mass is 16.5. The molecule has 0 aromatic heterocycles. The van der Waals surface area contributed by atoms with Gasteiger partial charge < -0.3 is 9.84 Å². The number of rotatable bonds is 2. The minimum atomic E-state index is -0.350. The zero-order chi connectivity index (χ0) is 17.9. The average molecular weight is 344 g/mol. The Hall–Kier alpha value is -2.81. The largest absolute Gasteiger partial charge is 0.507 e. The fraction of sp³-hybridized carbons (Fsp3) is 0.261. The molecule has 3 nitrogen and oxygen atoms in total. The van der Waals surface area contributed by atoms with Crippen LogP contribution in [0.5, 0.6) is 11.5 Å². The van der Waals surface area contributed by atoms with Gasteiger partial charge in [0.05, 0.1) is 5.56 Å². The highest BCUT2D eigenvalue weighted by Crippen LogP contribution is 2.63. The lowest BCUT2D eigenvalue weighted by Crippen LogP contribution is -2.18. The lowest BCUT2D eigenvalue weighted by Gasteiger charge is -2.27. The Labute approximate surface area is 152 Å². The van der Waals surface area contributed by atoms with Gasteiger partial charge >= 0.3 is 5.97 Å². The zero-order valence-electron chi connectivity index (χ0n) is 14.7. The number of phenols is 1. The molecule has 0 amide bonds. The highest BCUT2D eigenvalue weighted by molar-refractivity contribution is 6.00. The Bertz CT molecular complexity index is 1040. The molecule has 0 spiro atoms. The smallest absolute Gasteiger partial charge is 0.343 e. The van der Waals surface area contributed by atoms with Crippen molar-refractivity contribution in [3.05, 3.63) is 71.3 Å². The van der Waals surface area contributed by atoms with Gasteiger partial charge in [-0.25, -0.2) is 4.79 Å². The van der Waals surface area contributed by atoms with Crippen LogP contribution in [0, 0.1) is 0 Å². The molecule has 1 saturated carbocycles. The van der Waals surface area contributed by atoms with E-state index in [1.54, 1.807) is 12.1 Å². The third-order valence-corrected chi connectivity index (χ3v) is 6.14. The minimum absolute atomic E-state index is 0.0258. The molecule has 5 rings (SSSR count). The van der Waals surface area contributed by atoms with E-state index in [1.165, 1.54) is 0 Å². The molecule has 3 aromatic rings. The van der Waals surface area contributed by atoms with Crippen molar-refractivity contribution in [1.29, 1.82) is 0 Å². The van der Waals surface area contributed by atoms with Gasteiger partial charge in [0.2, 0.25) is 0 Å². The van der Waals surface area contributed by atoms with Crippen LogP contribution in [0.25, 0.3) is 10.8 Å². The predicted octanol–water partition coefficient (Wildman–Crippen LogP) is 5.30. The highest BCUT2D eigenvalue weighted by Gasteiger charge is 2.50. The molecule has 26 heavy (non-hydrogen) atoms. The molecule has 2 bridgehead atoms. The molecule has 1 N–H and O–H groups in total. The predicted molar refractivity (Wildman–Crippen MR) is 101 cm³/mol. The van der Waals surface area contributed by atoms with Crippen LogP contribution in [0.2, 0.25) is 0 Å². The second-order valence-electron chi connectivity index (χ2n) is 7.77. The van der Waals surface area contributed by atoms with E-state index in [2.05, 4.69) is 6.92 Å². The summed E-state index contributed by atoms with van der Waals surface area (Å²) in [4.78, 5) is 12.7. The molecule has 0 aliphatic heterocycles. The van der Waals surface area contributed by atoms with Gasteiger partial charge in [0, 0.05) is 21.9 Å². The number of hydrogen-bond donors (Lipinski definition) is 1. The van der Waals surface area contributed by atoms with E-state index in [0.717, 1.165) is 41.2 Å². The molecule has 2 aliphatic carbocycles. The van der Waals surface area contributed by atoms with E-state index < -0.39 is 0 Å². The number of benzene rings is 3. The van der Waals surface area contributed by atoms with Crippen molar-refractivity contribution >= 4 is 16.7 Å². The topological polar surface area (TPSA) is 46.5 Å². The fourth-order valence-corrected chi connectivity index (χ4v) is 4.96. The van der Waals surface area contributed by atoms with Crippen molar-refractivity contribution in [2.45, 2.75) is 37.5 Å². The molecule has 0 heterocycles. The van der Waals surface area contributed by atoms with E-state index in [9.17, 15) is 9.90 Å². The third kappa shape index (κ3) is 2.03. The van der Waals surface area contributed by atoms with Crippen molar-refractivity contribution in [1.82, 2.24) is 0 Å². The van der Waals surface area contributed by atoms with Crippen LogP contribution >= 0.6 is 0 Å². The third-order valence-electron chi connectivity index (χ3n) is 6.14. The van der Waals surface area contributed by atoms with Crippen LogP contribution in [0.1, 0.15) is 53.6 Å². The molecule has 2 unspecified atom stereocenters. The number of fused-ring (bicyclic) bond motifs is 6. The van der Waals surface area contributed by atoms with Crippen molar-refractivity contribution in [3.63, 3.8) is 0 Å². The molecule has 3 heteroatoms. The SMILES string of the molecule is CC12CCC(C1)c1c2c(O)c2ccccc2c1OC(=O)c1ccccc1. The van der Waals surface area contributed by atoms with E-state index in [-0.39, 0.29) is 11.4 Å². The molecule has 2 aliphatic rings. The Balaban J connectivity index is 1.74. The molecular formula is C23H20O3. The summed E-state index contributed by atoms with van der Waals surface area (Å²) in [6, 6.07) is 16.7. The second kappa shape index (κ2) is 5.34. The van der Waals surface area contributed by atoms with Crippen molar-refractivity contribution < 1.29 is 14.6 Å². The van der Waals surface area contributed by atoms with E-state index >= 15 is 0 Å². The van der Waals surface area contributed by atoms with Gasteiger partial charge in [0.1, 0.15) is 11.5 Å². The van der Waals surface area contributed by atoms with Gasteiger partial charge in [-0.3, -0.25) is 0 Å². The standard InChI is InChI=1S/C23H20O3/c1-23-12-11-15(13-23)18-19(23)20(24)16-9-5-6-10-17(16)21(18)26-22(25)14-7-3-2-4-8-14/h2-10,15,24H,11-13H2,1H3. The van der Waals surface area contributed by atoms with Gasteiger partial charge in [0.15, 0.2) is 0 Å². The number of phenolic OH excluding ortho intramolecular Hbond substituents is 1. The summed E-state index contributed by atoms with van der Waals surface area (Å²) in [6.45, 7) is 2.22. The lowest BCUT2D eigenvalue weighted by molar-refractivity contribution is 0.0735. The molecular weight excluding hydrogens is 324 g/mol. The second-order valence-corrected chi connectivity index (χ2v) is 7.77. The monoisotopic (exact) mass is 344 g/mol. The first-order valence-corrected chi connectivity index (χ1v) is 9.14. The van der Waals surface area contributed by atoms with E-state index in [1.807, 2.05) is 42.5 Å². The molecule has 0 saturated heterocycles. The van der Waals surface area contributed by atoms with Crippen molar-refractivity contribution in [3.8, 4) is 11.5 Å². The number of esters is 1. The van der Waals surface area contributed by atoms with Crippen LogP contribution in [0.4, 0.5) is 0 Å². The van der Waals surface area contributed by atoms with Gasteiger partial charge in [-0.2, -0.15) is 0 Å². The molecule has 2 atom stereocenters. The van der Waals surface area contributed by atoms with E-state index in [4.69, 9.17) is 4.74 Å². The summed E-state index contributed by atoms with van der Waals surface area (Å²) in [5, 5.41) is 12.6. The number of aromatic hydroxyl groups is 1. The first-order chi connectivity index (χ1) is 12.6. The molecule has 0 radical (unpaired) electrons. The van der Waals surface area contributed by atoms with Gasteiger partial charge in [-0.05, 0) is 42.7 Å². The molecule has 130 valence electrons. The average Bonchev–Trinajstić information content (AvgIpc) is 3.20. The first-order valence-electron chi connectivity index (χ1n) is 9.14. The summed E-state index contributed by atoms with van der Waals surface area (Å²) in [7, 11) is 0. The number of carbonyl (C=O) groups is 1. The maximum Gasteiger partial charge on any atom is 0.343 e. The Morgan fingerprint density at radius 3 is 2.54 bits per heavy atom. The van der Waals surface area contributed by atoms with Crippen LogP contribution in [-0.2, 0) is 5.41 Å². The molecule has 1 fully saturated rings. The summed E-state index contributed by atoms with van der Waals surface area (Å²) >= 11 is 0.